The summed E-state index contributed by atoms with van der Waals surface area (Å²) in [5.41, 5.74) is 1.96. The molecule has 116 valence electrons. The molecule has 7 heteroatoms. The first-order chi connectivity index (χ1) is 11.3. The van der Waals surface area contributed by atoms with Crippen molar-refractivity contribution in [3.05, 3.63) is 28.9 Å². The van der Waals surface area contributed by atoms with E-state index >= 15 is 0 Å². The normalized spacial score (nSPS) is 16.7. The number of imidazole rings is 1. The maximum atomic E-state index is 11.6. The molecule has 1 aliphatic heterocycles. The molecule has 1 aromatic carbocycles. The van der Waals surface area contributed by atoms with Gasteiger partial charge < -0.3 is 9.47 Å². The van der Waals surface area contributed by atoms with Gasteiger partial charge in [0.2, 0.25) is 4.96 Å². The Labute approximate surface area is 135 Å². The number of hydrogen-bond donors (Lipinski definition) is 0. The Kier molecular flexibility index (Phi) is 2.72. The summed E-state index contributed by atoms with van der Waals surface area (Å²) in [4.78, 5) is 17.0. The quantitative estimate of drug-likeness (QED) is 0.692. The van der Waals surface area contributed by atoms with Crippen molar-refractivity contribution in [1.82, 2.24) is 14.6 Å². The predicted octanol–water partition coefficient (Wildman–Crippen LogP) is 2.92. The predicted molar refractivity (Wildman–Crippen MR) is 84.7 cm³/mol. The zero-order chi connectivity index (χ0) is 15.4. The maximum Gasteiger partial charge on any atom is 0.213 e. The van der Waals surface area contributed by atoms with Crippen LogP contribution in [-0.2, 0) is 0 Å². The van der Waals surface area contributed by atoms with E-state index in [1.165, 1.54) is 12.8 Å². The van der Waals surface area contributed by atoms with Gasteiger partial charge in [0.1, 0.15) is 29.6 Å². The summed E-state index contributed by atoms with van der Waals surface area (Å²) in [5.74, 6) is 1.97. The molecule has 0 unspecified atom stereocenters. The van der Waals surface area contributed by atoms with E-state index in [1.807, 2.05) is 18.2 Å². The summed E-state index contributed by atoms with van der Waals surface area (Å²) >= 11 is 1.57. The number of aromatic nitrogens is 3. The van der Waals surface area contributed by atoms with Gasteiger partial charge in [-0.1, -0.05) is 11.3 Å². The lowest BCUT2D eigenvalue weighted by molar-refractivity contribution is 0.111. The van der Waals surface area contributed by atoms with Gasteiger partial charge >= 0.3 is 0 Å². The van der Waals surface area contributed by atoms with Gasteiger partial charge in [0.25, 0.3) is 0 Å². The number of benzene rings is 1. The van der Waals surface area contributed by atoms with E-state index in [9.17, 15) is 4.79 Å². The number of hydrogen-bond acceptors (Lipinski definition) is 6. The zero-order valence-corrected chi connectivity index (χ0v) is 13.0. The number of rotatable bonds is 3. The lowest BCUT2D eigenvalue weighted by Crippen LogP contribution is -2.15. The third-order valence-corrected chi connectivity index (χ3v) is 5.18. The minimum absolute atomic E-state index is 0.486. The van der Waals surface area contributed by atoms with Crippen LogP contribution in [0.2, 0.25) is 0 Å². The molecule has 2 aromatic heterocycles. The topological polar surface area (TPSA) is 65.7 Å². The number of aldehydes is 1. The van der Waals surface area contributed by atoms with Crippen LogP contribution in [-0.4, -0.2) is 34.1 Å². The third kappa shape index (κ3) is 2.03. The minimum Gasteiger partial charge on any atom is -0.486 e. The van der Waals surface area contributed by atoms with Crippen LogP contribution >= 0.6 is 11.3 Å². The summed E-state index contributed by atoms with van der Waals surface area (Å²) in [6.07, 6.45) is 3.19. The average Bonchev–Trinajstić information content (AvgIpc) is 3.26. The summed E-state index contributed by atoms with van der Waals surface area (Å²) < 4.78 is 12.8. The SMILES string of the molecule is O=Cc1c(-c2ccc3c(c2)OCCO3)nc2sc(C3CC3)nn12. The fourth-order valence-electron chi connectivity index (χ4n) is 2.78. The first-order valence-corrected chi connectivity index (χ1v) is 8.40. The highest BCUT2D eigenvalue weighted by Crippen LogP contribution is 2.42. The van der Waals surface area contributed by atoms with Gasteiger partial charge in [0.15, 0.2) is 17.8 Å². The molecule has 1 fully saturated rings. The Hall–Kier alpha value is -2.41. The zero-order valence-electron chi connectivity index (χ0n) is 12.2. The molecule has 0 radical (unpaired) electrons. The third-order valence-electron chi connectivity index (χ3n) is 4.11. The molecular formula is C16H13N3O3S. The molecule has 1 aliphatic carbocycles. The van der Waals surface area contributed by atoms with Crippen LogP contribution in [0.4, 0.5) is 0 Å². The van der Waals surface area contributed by atoms with Gasteiger partial charge in [-0.05, 0) is 31.0 Å². The Bertz CT molecular complexity index is 926. The first kappa shape index (κ1) is 13.1. The number of carbonyl (C=O) groups is 1. The van der Waals surface area contributed by atoms with Crippen molar-refractivity contribution >= 4 is 22.6 Å². The molecule has 0 N–H and O–H groups in total. The second kappa shape index (κ2) is 4.79. The van der Waals surface area contributed by atoms with Crippen LogP contribution < -0.4 is 9.47 Å². The van der Waals surface area contributed by atoms with Crippen LogP contribution in [0.3, 0.4) is 0 Å². The van der Waals surface area contributed by atoms with Crippen molar-refractivity contribution in [2.75, 3.05) is 13.2 Å². The number of ether oxygens (including phenoxy) is 2. The molecule has 1 saturated carbocycles. The molecule has 3 aromatic rings. The molecule has 23 heavy (non-hydrogen) atoms. The van der Waals surface area contributed by atoms with Crippen LogP contribution in [0, 0.1) is 0 Å². The summed E-state index contributed by atoms with van der Waals surface area (Å²) in [6, 6.07) is 5.62. The molecular weight excluding hydrogens is 314 g/mol. The van der Waals surface area contributed by atoms with Gasteiger partial charge in [-0.3, -0.25) is 4.79 Å². The highest BCUT2D eigenvalue weighted by Gasteiger charge is 2.29. The minimum atomic E-state index is 0.486. The van der Waals surface area contributed by atoms with Gasteiger partial charge in [0.05, 0.1) is 0 Å². The molecule has 0 amide bonds. The van der Waals surface area contributed by atoms with Gasteiger partial charge in [-0.15, -0.1) is 0 Å². The van der Waals surface area contributed by atoms with Gasteiger partial charge in [-0.25, -0.2) is 4.98 Å². The summed E-state index contributed by atoms with van der Waals surface area (Å²) in [5, 5.41) is 5.64. The van der Waals surface area contributed by atoms with Crippen molar-refractivity contribution in [2.45, 2.75) is 18.8 Å². The molecule has 0 bridgehead atoms. The molecule has 5 rings (SSSR count). The standard InChI is InChI=1S/C16H13N3O3S/c20-8-11-14(10-3-4-12-13(7-10)22-6-5-21-12)17-16-19(11)18-15(23-16)9-1-2-9/h3-4,7-9H,1-2,5-6H2. The van der Waals surface area contributed by atoms with Crippen molar-refractivity contribution < 1.29 is 14.3 Å². The van der Waals surface area contributed by atoms with Crippen molar-refractivity contribution in [3.8, 4) is 22.8 Å². The highest BCUT2D eigenvalue weighted by molar-refractivity contribution is 7.16. The largest absolute Gasteiger partial charge is 0.486 e. The fourth-order valence-corrected chi connectivity index (χ4v) is 3.86. The van der Waals surface area contributed by atoms with Crippen molar-refractivity contribution in [3.63, 3.8) is 0 Å². The highest BCUT2D eigenvalue weighted by atomic mass is 32.1. The van der Waals surface area contributed by atoms with Crippen LogP contribution in [0.5, 0.6) is 11.5 Å². The fraction of sp³-hybridized carbons (Fsp3) is 0.312. The number of carbonyl (C=O) groups excluding carboxylic acids is 1. The molecule has 0 spiro atoms. The summed E-state index contributed by atoms with van der Waals surface area (Å²) in [7, 11) is 0. The van der Waals surface area contributed by atoms with E-state index in [-0.39, 0.29) is 0 Å². The second-order valence-electron chi connectivity index (χ2n) is 5.73. The Balaban J connectivity index is 1.64. The lowest BCUT2D eigenvalue weighted by atomic mass is 10.1. The van der Waals surface area contributed by atoms with E-state index in [0.717, 1.165) is 27.6 Å². The van der Waals surface area contributed by atoms with E-state index in [2.05, 4.69) is 10.1 Å². The van der Waals surface area contributed by atoms with Crippen LogP contribution in [0.25, 0.3) is 16.2 Å². The van der Waals surface area contributed by atoms with Crippen LogP contribution in [0.1, 0.15) is 34.3 Å². The Morgan fingerprint density at radius 3 is 2.83 bits per heavy atom. The van der Waals surface area contributed by atoms with E-state index < -0.39 is 0 Å². The summed E-state index contributed by atoms with van der Waals surface area (Å²) in [6.45, 7) is 1.08. The smallest absolute Gasteiger partial charge is 0.213 e. The average molecular weight is 327 g/mol. The number of fused-ring (bicyclic) bond motifs is 2. The number of nitrogens with zero attached hydrogens (tertiary/aromatic N) is 3. The Morgan fingerprint density at radius 1 is 1.22 bits per heavy atom. The van der Waals surface area contributed by atoms with Crippen molar-refractivity contribution in [1.29, 1.82) is 0 Å². The Morgan fingerprint density at radius 2 is 2.04 bits per heavy atom. The van der Waals surface area contributed by atoms with E-state index in [4.69, 9.17) is 9.47 Å². The van der Waals surface area contributed by atoms with E-state index in [0.29, 0.717) is 36.3 Å². The van der Waals surface area contributed by atoms with Crippen molar-refractivity contribution in [2.24, 2.45) is 0 Å². The molecule has 3 heterocycles. The molecule has 2 aliphatic rings. The molecule has 6 nitrogen and oxygen atoms in total. The second-order valence-corrected chi connectivity index (χ2v) is 6.72. The van der Waals surface area contributed by atoms with E-state index in [1.54, 1.807) is 15.9 Å². The first-order valence-electron chi connectivity index (χ1n) is 7.58. The van der Waals surface area contributed by atoms with Gasteiger partial charge in [0, 0.05) is 11.5 Å². The lowest BCUT2D eigenvalue weighted by Gasteiger charge is -2.18. The molecule has 0 atom stereocenters. The maximum absolute atomic E-state index is 11.6. The van der Waals surface area contributed by atoms with Gasteiger partial charge in [-0.2, -0.15) is 9.61 Å². The van der Waals surface area contributed by atoms with Crippen LogP contribution in [0.15, 0.2) is 18.2 Å². The molecule has 0 saturated heterocycles. The monoisotopic (exact) mass is 327 g/mol.